The van der Waals surface area contributed by atoms with E-state index in [0.717, 1.165) is 0 Å². The van der Waals surface area contributed by atoms with Gasteiger partial charge in [-0.2, -0.15) is 0 Å². The van der Waals surface area contributed by atoms with Crippen LogP contribution in [0.2, 0.25) is 0 Å². The van der Waals surface area contributed by atoms with Crippen molar-refractivity contribution in [3.8, 4) is 5.75 Å². The van der Waals surface area contributed by atoms with Crippen LogP contribution in [0.4, 0.5) is 8.78 Å². The molecule has 0 heterocycles. The summed E-state index contributed by atoms with van der Waals surface area (Å²) in [5.74, 6) is -1.32. The SMILES string of the molecule is CO[C@H](CNC(=O)COc1ccccc1F)c1cccc(F)c1. The third-order valence-electron chi connectivity index (χ3n) is 3.19. The second-order valence-electron chi connectivity index (χ2n) is 4.80. The molecule has 23 heavy (non-hydrogen) atoms. The summed E-state index contributed by atoms with van der Waals surface area (Å²) in [6.45, 7) is -0.167. The van der Waals surface area contributed by atoms with Gasteiger partial charge in [-0.15, -0.1) is 0 Å². The van der Waals surface area contributed by atoms with Gasteiger partial charge in [-0.1, -0.05) is 24.3 Å². The van der Waals surface area contributed by atoms with Gasteiger partial charge < -0.3 is 14.8 Å². The molecule has 0 aromatic heterocycles. The van der Waals surface area contributed by atoms with Gasteiger partial charge in [0.15, 0.2) is 18.2 Å². The lowest BCUT2D eigenvalue weighted by atomic mass is 10.1. The van der Waals surface area contributed by atoms with Crippen molar-refractivity contribution in [2.24, 2.45) is 0 Å². The van der Waals surface area contributed by atoms with Gasteiger partial charge in [0.2, 0.25) is 0 Å². The van der Waals surface area contributed by atoms with Gasteiger partial charge in [-0.3, -0.25) is 4.79 Å². The number of methoxy groups -OCH3 is 1. The van der Waals surface area contributed by atoms with Crippen molar-refractivity contribution in [1.29, 1.82) is 0 Å². The summed E-state index contributed by atoms with van der Waals surface area (Å²) in [4.78, 5) is 11.8. The van der Waals surface area contributed by atoms with Crippen molar-refractivity contribution < 1.29 is 23.0 Å². The fourth-order valence-electron chi connectivity index (χ4n) is 2.01. The van der Waals surface area contributed by atoms with E-state index >= 15 is 0 Å². The minimum atomic E-state index is -0.533. The highest BCUT2D eigenvalue weighted by molar-refractivity contribution is 5.77. The molecule has 1 amide bonds. The molecule has 0 fully saturated rings. The van der Waals surface area contributed by atoms with Crippen molar-refractivity contribution in [3.63, 3.8) is 0 Å². The maximum absolute atomic E-state index is 13.4. The lowest BCUT2D eigenvalue weighted by Crippen LogP contribution is -2.33. The van der Waals surface area contributed by atoms with Crippen LogP contribution in [0.15, 0.2) is 48.5 Å². The molecule has 0 aliphatic carbocycles. The predicted molar refractivity (Wildman–Crippen MR) is 81.1 cm³/mol. The van der Waals surface area contributed by atoms with Crippen molar-refractivity contribution >= 4 is 5.91 Å². The maximum atomic E-state index is 13.4. The van der Waals surface area contributed by atoms with Crippen molar-refractivity contribution in [2.45, 2.75) is 6.10 Å². The van der Waals surface area contributed by atoms with Crippen LogP contribution in [-0.2, 0) is 9.53 Å². The number of carbonyl (C=O) groups is 1. The third-order valence-corrected chi connectivity index (χ3v) is 3.19. The summed E-state index contributed by atoms with van der Waals surface area (Å²) in [6, 6.07) is 11.8. The monoisotopic (exact) mass is 321 g/mol. The van der Waals surface area contributed by atoms with Crippen LogP contribution in [0.3, 0.4) is 0 Å². The number of rotatable bonds is 7. The molecule has 0 radical (unpaired) electrons. The van der Waals surface area contributed by atoms with Crippen molar-refractivity contribution in [2.75, 3.05) is 20.3 Å². The quantitative estimate of drug-likeness (QED) is 0.853. The molecule has 2 rings (SSSR count). The Morgan fingerprint density at radius 1 is 1.17 bits per heavy atom. The lowest BCUT2D eigenvalue weighted by Gasteiger charge is -2.16. The summed E-state index contributed by atoms with van der Waals surface area (Å²) in [5, 5.41) is 2.61. The number of hydrogen-bond donors (Lipinski definition) is 1. The van der Waals surface area contributed by atoms with Crippen molar-refractivity contribution in [3.05, 3.63) is 65.7 Å². The van der Waals surface area contributed by atoms with E-state index in [1.807, 2.05) is 0 Å². The van der Waals surface area contributed by atoms with E-state index in [2.05, 4.69) is 5.32 Å². The Hall–Kier alpha value is -2.47. The fourth-order valence-corrected chi connectivity index (χ4v) is 2.01. The molecule has 0 aliphatic heterocycles. The van der Waals surface area contributed by atoms with Crippen molar-refractivity contribution in [1.82, 2.24) is 5.32 Å². The summed E-state index contributed by atoms with van der Waals surface area (Å²) >= 11 is 0. The Bertz CT molecular complexity index is 664. The van der Waals surface area contributed by atoms with E-state index in [1.165, 1.54) is 37.4 Å². The highest BCUT2D eigenvalue weighted by Gasteiger charge is 2.13. The first kappa shape index (κ1) is 16.9. The van der Waals surface area contributed by atoms with Gasteiger partial charge in [-0.05, 0) is 29.8 Å². The Morgan fingerprint density at radius 2 is 1.96 bits per heavy atom. The van der Waals surface area contributed by atoms with Gasteiger partial charge >= 0.3 is 0 Å². The zero-order chi connectivity index (χ0) is 16.7. The first-order valence-corrected chi connectivity index (χ1v) is 7.02. The standard InChI is InChI=1S/C17H17F2NO3/c1-22-16(12-5-4-6-13(18)9-12)10-20-17(21)11-23-15-8-3-2-7-14(15)19/h2-9,16H,10-11H2,1H3,(H,20,21)/t16-/m1/s1. The van der Waals surface area contributed by atoms with Gasteiger partial charge in [0.1, 0.15) is 5.82 Å². The highest BCUT2D eigenvalue weighted by Crippen LogP contribution is 2.17. The average Bonchev–Trinajstić information content (AvgIpc) is 2.55. The first-order valence-electron chi connectivity index (χ1n) is 7.02. The molecule has 4 nitrogen and oxygen atoms in total. The molecule has 0 aliphatic rings. The molecule has 1 N–H and O–H groups in total. The van der Waals surface area contributed by atoms with E-state index in [1.54, 1.807) is 18.2 Å². The normalized spacial score (nSPS) is 11.8. The minimum Gasteiger partial charge on any atom is -0.481 e. The van der Waals surface area contributed by atoms with Crippen LogP contribution in [0.25, 0.3) is 0 Å². The number of para-hydroxylation sites is 1. The molecule has 2 aromatic rings. The van der Waals surface area contributed by atoms with Crippen LogP contribution < -0.4 is 10.1 Å². The molecule has 1 atom stereocenters. The van der Waals surface area contributed by atoms with E-state index in [4.69, 9.17) is 9.47 Å². The number of hydrogen-bond acceptors (Lipinski definition) is 3. The second-order valence-corrected chi connectivity index (χ2v) is 4.80. The number of carbonyl (C=O) groups excluding carboxylic acids is 1. The molecule has 0 unspecified atom stereocenters. The fraction of sp³-hybridized carbons (Fsp3) is 0.235. The zero-order valence-electron chi connectivity index (χ0n) is 12.6. The maximum Gasteiger partial charge on any atom is 0.258 e. The van der Waals surface area contributed by atoms with Crippen LogP contribution >= 0.6 is 0 Å². The Morgan fingerprint density at radius 3 is 2.65 bits per heavy atom. The second kappa shape index (κ2) is 8.24. The molecule has 0 saturated heterocycles. The summed E-state index contributed by atoms with van der Waals surface area (Å²) < 4.78 is 36.9. The van der Waals surface area contributed by atoms with Crippen LogP contribution in [0.5, 0.6) is 5.75 Å². The average molecular weight is 321 g/mol. The molecular weight excluding hydrogens is 304 g/mol. The first-order chi connectivity index (χ1) is 11.1. The number of ether oxygens (including phenoxy) is 2. The molecule has 6 heteroatoms. The highest BCUT2D eigenvalue weighted by atomic mass is 19.1. The zero-order valence-corrected chi connectivity index (χ0v) is 12.6. The number of benzene rings is 2. The minimum absolute atomic E-state index is 0.0103. The summed E-state index contributed by atoms with van der Waals surface area (Å²) in [6.07, 6.45) is -0.483. The predicted octanol–water partition coefficient (Wildman–Crippen LogP) is 2.85. The molecule has 0 spiro atoms. The van der Waals surface area contributed by atoms with Gasteiger partial charge in [0.25, 0.3) is 5.91 Å². The molecule has 2 aromatic carbocycles. The van der Waals surface area contributed by atoms with Gasteiger partial charge in [0.05, 0.1) is 6.10 Å². The van der Waals surface area contributed by atoms with Crippen LogP contribution in [0, 0.1) is 11.6 Å². The summed E-state index contributed by atoms with van der Waals surface area (Å²) in [5.41, 5.74) is 0.614. The lowest BCUT2D eigenvalue weighted by molar-refractivity contribution is -0.123. The number of nitrogens with one attached hydrogen (secondary N) is 1. The largest absolute Gasteiger partial charge is 0.481 e. The van der Waals surface area contributed by atoms with E-state index < -0.39 is 17.8 Å². The van der Waals surface area contributed by atoms with E-state index in [0.29, 0.717) is 5.56 Å². The molecule has 122 valence electrons. The van der Waals surface area contributed by atoms with Crippen LogP contribution in [-0.4, -0.2) is 26.2 Å². The number of amides is 1. The van der Waals surface area contributed by atoms with E-state index in [9.17, 15) is 13.6 Å². The Labute approximate surface area is 133 Å². The Kier molecular flexibility index (Phi) is 6.05. The number of halogens is 2. The van der Waals surface area contributed by atoms with Crippen LogP contribution in [0.1, 0.15) is 11.7 Å². The van der Waals surface area contributed by atoms with E-state index in [-0.39, 0.29) is 24.7 Å². The van der Waals surface area contributed by atoms with Gasteiger partial charge in [0, 0.05) is 13.7 Å². The Balaban J connectivity index is 1.84. The summed E-state index contributed by atoms with van der Waals surface area (Å²) in [7, 11) is 1.47. The topological polar surface area (TPSA) is 47.6 Å². The molecule has 0 bridgehead atoms. The molecule has 0 saturated carbocycles. The molecular formula is C17H17F2NO3. The van der Waals surface area contributed by atoms with Gasteiger partial charge in [-0.25, -0.2) is 8.78 Å². The smallest absolute Gasteiger partial charge is 0.258 e. The third kappa shape index (κ3) is 5.03.